The number of carbonyl (C=O) groups is 3. The van der Waals surface area contributed by atoms with Crippen LogP contribution in [-0.2, 0) is 11.3 Å². The lowest BCUT2D eigenvalue weighted by Gasteiger charge is -2.23. The number of amides is 1. The molecule has 0 aliphatic carbocycles. The third-order valence-corrected chi connectivity index (χ3v) is 5.39. The van der Waals surface area contributed by atoms with Crippen molar-refractivity contribution < 1.29 is 24.2 Å². The minimum absolute atomic E-state index is 0.0656. The Morgan fingerprint density at radius 1 is 1.00 bits per heavy atom. The van der Waals surface area contributed by atoms with Crippen LogP contribution >= 0.6 is 23.2 Å². The molecule has 182 valence electrons. The SMILES string of the molecule is CC(C)(C)Oc1ccnc(C(=O)CC(=O)N(Cc2ccc(Cl)c(Cl)c2)c2ccc(C(=O)O)cc2)n1. The number of aromatic carboxylic acids is 1. The maximum absolute atomic E-state index is 13.3. The average molecular weight is 516 g/mol. The second kappa shape index (κ2) is 10.8. The van der Waals surface area contributed by atoms with Gasteiger partial charge in [0.15, 0.2) is 5.82 Å². The van der Waals surface area contributed by atoms with Gasteiger partial charge in [0.2, 0.25) is 17.6 Å². The number of carboxylic acid groups (broad SMARTS) is 1. The molecule has 10 heteroatoms. The van der Waals surface area contributed by atoms with Gasteiger partial charge in [0.1, 0.15) is 5.60 Å². The fraction of sp³-hybridized carbons (Fsp3) is 0.240. The van der Waals surface area contributed by atoms with Crippen LogP contribution in [0.1, 0.15) is 53.7 Å². The molecule has 1 N–H and O–H groups in total. The number of halogens is 2. The van der Waals surface area contributed by atoms with Gasteiger partial charge in [-0.15, -0.1) is 0 Å². The van der Waals surface area contributed by atoms with E-state index in [1.165, 1.54) is 41.4 Å². The van der Waals surface area contributed by atoms with E-state index in [0.29, 0.717) is 21.3 Å². The molecule has 2 aromatic carbocycles. The second-order valence-electron chi connectivity index (χ2n) is 8.61. The number of hydrogen-bond donors (Lipinski definition) is 1. The van der Waals surface area contributed by atoms with Crippen LogP contribution in [0.3, 0.4) is 0 Å². The third-order valence-electron chi connectivity index (χ3n) is 4.65. The van der Waals surface area contributed by atoms with Crippen molar-refractivity contribution in [1.29, 1.82) is 0 Å². The van der Waals surface area contributed by atoms with E-state index >= 15 is 0 Å². The maximum atomic E-state index is 13.3. The number of ketones is 1. The Morgan fingerprint density at radius 2 is 1.69 bits per heavy atom. The minimum atomic E-state index is -1.09. The van der Waals surface area contributed by atoms with Crippen LogP contribution < -0.4 is 9.64 Å². The quantitative estimate of drug-likeness (QED) is 0.313. The van der Waals surface area contributed by atoms with Crippen molar-refractivity contribution in [2.75, 3.05) is 4.90 Å². The van der Waals surface area contributed by atoms with Gasteiger partial charge in [-0.05, 0) is 62.7 Å². The van der Waals surface area contributed by atoms with E-state index in [4.69, 9.17) is 27.9 Å². The van der Waals surface area contributed by atoms with E-state index in [-0.39, 0.29) is 23.8 Å². The number of Topliss-reactive ketones (excluding diaryl/α,β-unsaturated/α-hetero) is 1. The molecule has 3 aromatic rings. The molecule has 0 atom stereocenters. The van der Waals surface area contributed by atoms with Gasteiger partial charge >= 0.3 is 5.97 Å². The van der Waals surface area contributed by atoms with Gasteiger partial charge in [-0.2, -0.15) is 4.98 Å². The highest BCUT2D eigenvalue weighted by molar-refractivity contribution is 6.42. The van der Waals surface area contributed by atoms with E-state index in [1.807, 2.05) is 20.8 Å². The maximum Gasteiger partial charge on any atom is 0.335 e. The molecule has 1 heterocycles. The summed E-state index contributed by atoms with van der Waals surface area (Å²) in [7, 11) is 0. The number of rotatable bonds is 8. The lowest BCUT2D eigenvalue weighted by molar-refractivity contribution is -0.117. The molecular formula is C25H23Cl2N3O5. The average Bonchev–Trinajstić information content (AvgIpc) is 2.78. The summed E-state index contributed by atoms with van der Waals surface area (Å²) in [4.78, 5) is 46.8. The van der Waals surface area contributed by atoms with Crippen LogP contribution in [0, 0.1) is 0 Å². The highest BCUT2D eigenvalue weighted by Crippen LogP contribution is 2.26. The third kappa shape index (κ3) is 7.24. The van der Waals surface area contributed by atoms with Crippen molar-refractivity contribution in [2.24, 2.45) is 0 Å². The molecule has 0 saturated carbocycles. The van der Waals surface area contributed by atoms with Crippen molar-refractivity contribution in [3.63, 3.8) is 0 Å². The van der Waals surface area contributed by atoms with Crippen molar-refractivity contribution in [2.45, 2.75) is 39.3 Å². The van der Waals surface area contributed by atoms with E-state index in [1.54, 1.807) is 18.2 Å². The smallest absolute Gasteiger partial charge is 0.335 e. The van der Waals surface area contributed by atoms with Gasteiger partial charge in [-0.25, -0.2) is 9.78 Å². The number of anilines is 1. The number of carbonyl (C=O) groups excluding carboxylic acids is 2. The molecule has 8 nitrogen and oxygen atoms in total. The van der Waals surface area contributed by atoms with Crippen molar-refractivity contribution in [1.82, 2.24) is 9.97 Å². The Hall–Kier alpha value is -3.49. The molecule has 0 fully saturated rings. The monoisotopic (exact) mass is 515 g/mol. The highest BCUT2D eigenvalue weighted by atomic mass is 35.5. The van der Waals surface area contributed by atoms with E-state index in [2.05, 4.69) is 9.97 Å². The zero-order chi connectivity index (χ0) is 25.8. The predicted octanol–water partition coefficient (Wildman–Crippen LogP) is 5.47. The van der Waals surface area contributed by atoms with Crippen LogP contribution in [0.4, 0.5) is 5.69 Å². The molecule has 1 amide bonds. The van der Waals surface area contributed by atoms with E-state index in [9.17, 15) is 19.5 Å². The summed E-state index contributed by atoms with van der Waals surface area (Å²) < 4.78 is 5.67. The number of ether oxygens (including phenoxy) is 1. The van der Waals surface area contributed by atoms with E-state index in [0.717, 1.165) is 0 Å². The first-order valence-electron chi connectivity index (χ1n) is 10.6. The van der Waals surface area contributed by atoms with Gasteiger partial charge in [0, 0.05) is 18.0 Å². The lowest BCUT2D eigenvalue weighted by atomic mass is 10.1. The summed E-state index contributed by atoms with van der Waals surface area (Å²) in [5.74, 6) is -2.13. The highest BCUT2D eigenvalue weighted by Gasteiger charge is 2.23. The molecule has 3 rings (SSSR count). The van der Waals surface area contributed by atoms with Crippen LogP contribution in [0.25, 0.3) is 0 Å². The Labute approximate surface area is 212 Å². The second-order valence-corrected chi connectivity index (χ2v) is 9.43. The summed E-state index contributed by atoms with van der Waals surface area (Å²) in [5, 5.41) is 9.86. The Morgan fingerprint density at radius 3 is 2.29 bits per heavy atom. The number of nitrogens with zero attached hydrogens (tertiary/aromatic N) is 3. The topological polar surface area (TPSA) is 110 Å². The van der Waals surface area contributed by atoms with Crippen LogP contribution in [-0.4, -0.2) is 38.3 Å². The fourth-order valence-corrected chi connectivity index (χ4v) is 3.41. The summed E-state index contributed by atoms with van der Waals surface area (Å²) in [5.41, 5.74) is 0.614. The van der Waals surface area contributed by atoms with Crippen molar-refractivity contribution in [3.05, 3.63) is 81.7 Å². The molecule has 0 radical (unpaired) electrons. The molecule has 0 bridgehead atoms. The fourth-order valence-electron chi connectivity index (χ4n) is 3.09. The number of hydrogen-bond acceptors (Lipinski definition) is 6. The summed E-state index contributed by atoms with van der Waals surface area (Å²) in [6.45, 7) is 5.60. The van der Waals surface area contributed by atoms with Gasteiger partial charge in [-0.1, -0.05) is 29.3 Å². The normalized spacial score (nSPS) is 11.1. The van der Waals surface area contributed by atoms with Gasteiger partial charge in [0.25, 0.3) is 0 Å². The van der Waals surface area contributed by atoms with Gasteiger partial charge < -0.3 is 14.7 Å². The van der Waals surface area contributed by atoms with Crippen molar-refractivity contribution in [3.8, 4) is 5.88 Å². The standard InChI is InChI=1S/C25H23Cl2N3O5/c1-25(2,3)35-21-10-11-28-23(29-21)20(31)13-22(32)30(14-15-4-9-18(26)19(27)12-15)17-7-5-16(6-8-17)24(33)34/h4-12H,13-14H2,1-3H3,(H,33,34). The van der Waals surface area contributed by atoms with Crippen molar-refractivity contribution >= 4 is 46.5 Å². The Balaban J connectivity index is 1.87. The molecule has 35 heavy (non-hydrogen) atoms. The molecular weight excluding hydrogens is 493 g/mol. The number of carboxylic acids is 1. The van der Waals surface area contributed by atoms with E-state index < -0.39 is 29.7 Å². The molecule has 0 unspecified atom stereocenters. The first-order chi connectivity index (χ1) is 16.4. The summed E-state index contributed by atoms with van der Waals surface area (Å²) >= 11 is 12.1. The van der Waals surface area contributed by atoms with Crippen LogP contribution in [0.5, 0.6) is 5.88 Å². The number of benzene rings is 2. The first kappa shape index (κ1) is 26.1. The molecule has 0 aliphatic heterocycles. The van der Waals surface area contributed by atoms with Crippen LogP contribution in [0.2, 0.25) is 10.0 Å². The zero-order valence-corrected chi connectivity index (χ0v) is 20.8. The zero-order valence-electron chi connectivity index (χ0n) is 19.3. The summed E-state index contributed by atoms with van der Waals surface area (Å²) in [6, 6.07) is 12.2. The molecule has 1 aromatic heterocycles. The van der Waals surface area contributed by atoms with Gasteiger partial charge in [0.05, 0.1) is 28.6 Å². The number of aromatic nitrogens is 2. The lowest BCUT2D eigenvalue weighted by Crippen LogP contribution is -2.32. The largest absolute Gasteiger partial charge is 0.478 e. The molecule has 0 spiro atoms. The molecule has 0 saturated heterocycles. The Bertz CT molecular complexity index is 1260. The minimum Gasteiger partial charge on any atom is -0.478 e. The van der Waals surface area contributed by atoms with Crippen LogP contribution in [0.15, 0.2) is 54.7 Å². The predicted molar refractivity (Wildman–Crippen MR) is 132 cm³/mol. The first-order valence-corrected chi connectivity index (χ1v) is 11.3. The summed E-state index contributed by atoms with van der Waals surface area (Å²) in [6.07, 6.45) is 0.880. The van der Waals surface area contributed by atoms with Gasteiger partial charge in [-0.3, -0.25) is 9.59 Å². The molecule has 0 aliphatic rings. The Kier molecular flexibility index (Phi) is 8.09.